The molecule has 0 aromatic heterocycles. The molecule has 0 aromatic carbocycles. The molecule has 0 spiro atoms. The first-order valence-corrected chi connectivity index (χ1v) is 3.34. The molecule has 0 atom stereocenters. The molecule has 0 saturated heterocycles. The minimum Gasteiger partial charge on any atom is -0.696 e. The maximum Gasteiger partial charge on any atom is 4.00 e. The van der Waals surface area contributed by atoms with E-state index >= 15 is 0 Å². The smallest absolute Gasteiger partial charge is 0.696 e. The Morgan fingerprint density at radius 1 is 0.538 bits per heavy atom. The van der Waals surface area contributed by atoms with Gasteiger partial charge in [0.2, 0.25) is 0 Å². The summed E-state index contributed by atoms with van der Waals surface area (Å²) in [4.78, 5) is 0. The van der Waals surface area contributed by atoms with E-state index in [1.54, 1.807) is 0 Å². The normalized spacial score (nSPS) is 2.15. The van der Waals surface area contributed by atoms with Crippen LogP contribution in [0.5, 0.6) is 0 Å². The van der Waals surface area contributed by atoms with Crippen molar-refractivity contribution in [3.8, 4) is 21.6 Å². The van der Waals surface area contributed by atoms with E-state index < -0.39 is 0 Å². The summed E-state index contributed by atoms with van der Waals surface area (Å²) < 4.78 is 0. The molecule has 9 heteroatoms. The van der Waals surface area contributed by atoms with Crippen molar-refractivity contribution in [1.82, 2.24) is 0 Å². The first-order valence-electron chi connectivity index (χ1n) is 1.71. The van der Waals surface area contributed by atoms with Gasteiger partial charge in [-0.1, -0.05) is 21.6 Å². The molecule has 0 aliphatic heterocycles. The summed E-state index contributed by atoms with van der Waals surface area (Å²) in [6.45, 7) is 0. The molecule has 0 radical (unpaired) electrons. The molecule has 0 aliphatic carbocycles. The molecule has 0 aromatic rings. The first kappa shape index (κ1) is 29.4. The summed E-state index contributed by atoms with van der Waals surface area (Å²) in [6, 6.07) is 0. The monoisotopic (exact) mass is 280 g/mol. The van der Waals surface area contributed by atoms with Crippen LogP contribution in [0.2, 0.25) is 0 Å². The fourth-order valence-corrected chi connectivity index (χ4v) is 0. The summed E-state index contributed by atoms with van der Waals surface area (Å²) in [5, 5.41) is 33.9. The van der Waals surface area contributed by atoms with Gasteiger partial charge in [-0.25, -0.2) is 21.0 Å². The van der Waals surface area contributed by atoms with Crippen LogP contribution < -0.4 is 0 Å². The average molecular weight is 280 g/mol. The summed E-state index contributed by atoms with van der Waals surface area (Å²) in [7, 11) is 0. The molecule has 13 heavy (non-hydrogen) atoms. The van der Waals surface area contributed by atoms with Gasteiger partial charge in [-0.2, -0.15) is 0 Å². The van der Waals surface area contributed by atoms with Crippen molar-refractivity contribution in [3.05, 3.63) is 0 Å². The number of nitrogens with zero attached hydrogens (tertiary/aromatic N) is 4. The van der Waals surface area contributed by atoms with E-state index in [0.717, 1.165) is 0 Å². The van der Waals surface area contributed by atoms with Crippen LogP contribution in [0.25, 0.3) is 0 Å². The fourth-order valence-electron chi connectivity index (χ4n) is 0. The van der Waals surface area contributed by atoms with Gasteiger partial charge < -0.3 is 50.5 Å². The molecule has 0 heterocycles. The van der Waals surface area contributed by atoms with Gasteiger partial charge in [0, 0.05) is 0 Å². The SMILES string of the molecule is N#C[S-].N#C[S-].N#C[S-].N#C[S-].[Ti+4]. The van der Waals surface area contributed by atoms with Gasteiger partial charge in [0.05, 0.1) is 0 Å². The molecule has 0 fully saturated rings. The van der Waals surface area contributed by atoms with Crippen molar-refractivity contribution in [2.24, 2.45) is 0 Å². The van der Waals surface area contributed by atoms with E-state index in [4.69, 9.17) is 21.0 Å². The molecular weight excluding hydrogens is 280 g/mol. The minimum absolute atomic E-state index is 0. The zero-order chi connectivity index (χ0) is 10.8. The van der Waals surface area contributed by atoms with Gasteiger partial charge in [-0.3, -0.25) is 0 Å². The third-order valence-corrected chi connectivity index (χ3v) is 0. The van der Waals surface area contributed by atoms with Crippen molar-refractivity contribution >= 4 is 50.5 Å². The topological polar surface area (TPSA) is 95.2 Å². The molecule has 0 aliphatic rings. The van der Waals surface area contributed by atoms with Gasteiger partial charge in [-0.15, -0.1) is 0 Å². The van der Waals surface area contributed by atoms with E-state index in [-0.39, 0.29) is 21.7 Å². The number of nitriles is 4. The molecule has 64 valence electrons. The van der Waals surface area contributed by atoms with Gasteiger partial charge in [-0.05, 0) is 0 Å². The number of hydrogen-bond acceptors (Lipinski definition) is 8. The van der Waals surface area contributed by atoms with E-state index in [0.29, 0.717) is 0 Å². The van der Waals surface area contributed by atoms with Crippen LogP contribution in [-0.4, -0.2) is 0 Å². The molecule has 0 amide bonds. The van der Waals surface area contributed by atoms with Crippen LogP contribution in [0.1, 0.15) is 0 Å². The maximum absolute atomic E-state index is 7.13. The quantitative estimate of drug-likeness (QED) is 0.349. The molecule has 0 rings (SSSR count). The summed E-state index contributed by atoms with van der Waals surface area (Å²) >= 11 is 14.8. The summed E-state index contributed by atoms with van der Waals surface area (Å²) in [5.41, 5.74) is 0. The second-order valence-electron chi connectivity index (χ2n) is 0.365. The van der Waals surface area contributed by atoms with Crippen molar-refractivity contribution in [3.63, 3.8) is 0 Å². The van der Waals surface area contributed by atoms with Crippen molar-refractivity contribution < 1.29 is 21.7 Å². The average Bonchev–Trinajstić information content (AvgIpc) is 1.92. The Balaban J connectivity index is -0.0000000213. The molecule has 0 bridgehead atoms. The van der Waals surface area contributed by atoms with Crippen LogP contribution in [0.3, 0.4) is 0 Å². The first-order chi connectivity index (χ1) is 5.66. The number of hydrogen-bond donors (Lipinski definition) is 0. The zero-order valence-corrected chi connectivity index (χ0v) is 10.7. The molecule has 0 unspecified atom stereocenters. The maximum atomic E-state index is 7.13. The third kappa shape index (κ3) is 5310. The van der Waals surface area contributed by atoms with E-state index in [9.17, 15) is 0 Å². The largest absolute Gasteiger partial charge is 4.00 e. The van der Waals surface area contributed by atoms with Crippen molar-refractivity contribution in [2.75, 3.05) is 0 Å². The van der Waals surface area contributed by atoms with Crippen molar-refractivity contribution in [1.29, 1.82) is 21.0 Å². The van der Waals surface area contributed by atoms with E-state index in [1.807, 2.05) is 0 Å². The Hall–Kier alpha value is -0.446. The van der Waals surface area contributed by atoms with Gasteiger partial charge in [0.1, 0.15) is 0 Å². The van der Waals surface area contributed by atoms with Crippen LogP contribution in [0.15, 0.2) is 0 Å². The van der Waals surface area contributed by atoms with E-state index in [2.05, 4.69) is 50.5 Å². The second-order valence-corrected chi connectivity index (χ2v) is 1.10. The van der Waals surface area contributed by atoms with Crippen LogP contribution in [0, 0.1) is 42.7 Å². The molecular formula is C4N4S4Ti. The van der Waals surface area contributed by atoms with Gasteiger partial charge in [0.25, 0.3) is 0 Å². The predicted octanol–water partition coefficient (Wildman–Crippen LogP) is 0.0550. The zero-order valence-electron chi connectivity index (χ0n) is 5.92. The second kappa shape index (κ2) is 102. The summed E-state index contributed by atoms with van der Waals surface area (Å²) in [6.07, 6.45) is 0. The molecule has 0 N–H and O–H groups in total. The van der Waals surface area contributed by atoms with Crippen LogP contribution >= 0.6 is 0 Å². The predicted molar refractivity (Wildman–Crippen MR) is 51.9 cm³/mol. The van der Waals surface area contributed by atoms with E-state index in [1.165, 1.54) is 21.6 Å². The van der Waals surface area contributed by atoms with Crippen LogP contribution in [-0.2, 0) is 72.2 Å². The molecule has 4 nitrogen and oxygen atoms in total. The van der Waals surface area contributed by atoms with Gasteiger partial charge in [0.15, 0.2) is 0 Å². The fraction of sp³-hybridized carbons (Fsp3) is 0. The summed E-state index contributed by atoms with van der Waals surface area (Å²) in [5.74, 6) is 0. The van der Waals surface area contributed by atoms with Crippen molar-refractivity contribution in [2.45, 2.75) is 0 Å². The Kier molecular flexibility index (Phi) is 230. The Morgan fingerprint density at radius 3 is 0.538 bits per heavy atom. The van der Waals surface area contributed by atoms with Gasteiger partial charge >= 0.3 is 21.7 Å². The minimum atomic E-state index is 0. The molecule has 0 saturated carbocycles. The number of rotatable bonds is 0. The standard InChI is InChI=1S/4CHNS.Ti/c4*2-1-3;/h4*3H;/q;;;;+4/p-4. The Bertz CT molecular complexity index is 158. The Morgan fingerprint density at radius 2 is 0.538 bits per heavy atom. The third-order valence-electron chi connectivity index (χ3n) is 0. The Labute approximate surface area is 114 Å². The number of thiocyanates is 4. The van der Waals surface area contributed by atoms with Crippen LogP contribution in [0.4, 0.5) is 0 Å².